The Morgan fingerprint density at radius 3 is 2.70 bits per heavy atom. The molecule has 0 aliphatic carbocycles. The van der Waals surface area contributed by atoms with E-state index < -0.39 is 0 Å². The summed E-state index contributed by atoms with van der Waals surface area (Å²) in [6.07, 6.45) is 7.81. The third kappa shape index (κ3) is 4.30. The molecule has 202 valence electrons. The number of anilines is 1. The molecule has 8 nitrogen and oxygen atoms in total. The highest BCUT2D eigenvalue weighted by Crippen LogP contribution is 2.38. The van der Waals surface area contributed by atoms with Crippen LogP contribution >= 0.6 is 0 Å². The van der Waals surface area contributed by atoms with Crippen molar-refractivity contribution in [2.45, 2.75) is 31.5 Å². The van der Waals surface area contributed by atoms with Gasteiger partial charge in [0.2, 0.25) is 0 Å². The summed E-state index contributed by atoms with van der Waals surface area (Å²) in [6.45, 7) is 4.13. The molecule has 3 aromatic heterocycles. The summed E-state index contributed by atoms with van der Waals surface area (Å²) in [7, 11) is 2.12. The molecule has 3 saturated heterocycles. The molecule has 3 fully saturated rings. The molecule has 7 heterocycles. The van der Waals surface area contributed by atoms with Gasteiger partial charge in [0.15, 0.2) is 0 Å². The van der Waals surface area contributed by atoms with E-state index in [9.17, 15) is 14.8 Å². The maximum atomic E-state index is 13.7. The highest BCUT2D eigenvalue weighted by atomic mass is 19.1. The second-order valence-electron chi connectivity index (χ2n) is 11.1. The Morgan fingerprint density at radius 1 is 1.12 bits per heavy atom. The van der Waals surface area contributed by atoms with Crippen LogP contribution in [0.25, 0.3) is 27.7 Å². The Balaban J connectivity index is 1.12. The highest BCUT2D eigenvalue weighted by Gasteiger charge is 2.44. The number of pyridine rings is 2. The number of hydrogen-bond donors (Lipinski definition) is 2. The molecule has 4 aliphatic rings. The Bertz CT molecular complexity index is 1660. The zero-order chi connectivity index (χ0) is 27.4. The third-order valence-electron chi connectivity index (χ3n) is 8.64. The van der Waals surface area contributed by atoms with Gasteiger partial charge in [-0.3, -0.25) is 4.90 Å². The van der Waals surface area contributed by atoms with Crippen LogP contribution in [0.3, 0.4) is 0 Å². The van der Waals surface area contributed by atoms with E-state index in [2.05, 4.69) is 49.9 Å². The molecule has 2 bridgehead atoms. The predicted octanol–water partition coefficient (Wildman–Crippen LogP) is 4.52. The monoisotopic (exact) mass is 535 g/mol. The maximum absolute atomic E-state index is 13.7. The zero-order valence-electron chi connectivity index (χ0n) is 22.3. The average molecular weight is 536 g/mol. The van der Waals surface area contributed by atoms with Crippen LogP contribution < -0.4 is 4.90 Å². The van der Waals surface area contributed by atoms with Gasteiger partial charge in [-0.15, -0.1) is 0 Å². The van der Waals surface area contributed by atoms with Gasteiger partial charge in [-0.05, 0) is 61.9 Å². The lowest BCUT2D eigenvalue weighted by Gasteiger charge is -2.56. The van der Waals surface area contributed by atoms with Crippen molar-refractivity contribution in [2.75, 3.05) is 38.1 Å². The molecule has 2 unspecified atom stereocenters. The fraction of sp³-hybridized carbons (Fsp3) is 0.323. The van der Waals surface area contributed by atoms with E-state index in [0.29, 0.717) is 29.8 Å². The van der Waals surface area contributed by atoms with Crippen molar-refractivity contribution in [3.63, 3.8) is 0 Å². The topological polar surface area (TPSA) is 95.3 Å². The standard InChI is InChI=1S/C31H30FN7O/c1-37-8-6-19(7-9-37)27-12-26-30(22(13-33)15-35-31(26)36-27)20-2-5-29(34-14-20)38-17-24-11-25(18-38)39(24)16-21-10-23(32)3-4-28(21)40/h2-6,10,12,14-15,24-25,40H,7-9,11,16-18H2,1H3,(H,35,36). The number of phenolic OH excluding ortho intramolecular Hbond substituents is 1. The second-order valence-corrected chi connectivity index (χ2v) is 11.1. The van der Waals surface area contributed by atoms with Crippen LogP contribution in [0.4, 0.5) is 10.2 Å². The first-order chi connectivity index (χ1) is 19.5. The molecular weight excluding hydrogens is 505 g/mol. The normalized spacial score (nSPS) is 21.2. The number of benzene rings is 1. The molecule has 0 radical (unpaired) electrons. The van der Waals surface area contributed by atoms with Gasteiger partial charge in [0, 0.05) is 85.0 Å². The number of likely N-dealkylation sites (N-methyl/N-ethyl adjacent to an activating group) is 1. The molecule has 4 aliphatic heterocycles. The van der Waals surface area contributed by atoms with Crippen LogP contribution in [-0.2, 0) is 6.54 Å². The molecule has 1 aromatic carbocycles. The fourth-order valence-corrected chi connectivity index (χ4v) is 6.39. The average Bonchev–Trinajstić information content (AvgIpc) is 3.42. The van der Waals surface area contributed by atoms with E-state index >= 15 is 0 Å². The van der Waals surface area contributed by atoms with Crippen LogP contribution in [0.1, 0.15) is 29.7 Å². The number of piperazine rings is 1. The molecule has 0 spiro atoms. The van der Waals surface area contributed by atoms with Gasteiger partial charge in [0.25, 0.3) is 0 Å². The largest absolute Gasteiger partial charge is 0.508 e. The predicted molar refractivity (Wildman–Crippen MR) is 152 cm³/mol. The van der Waals surface area contributed by atoms with Gasteiger partial charge >= 0.3 is 0 Å². The number of aromatic amines is 1. The number of hydrogen-bond acceptors (Lipinski definition) is 7. The molecule has 8 rings (SSSR count). The van der Waals surface area contributed by atoms with Crippen LogP contribution in [-0.4, -0.2) is 75.2 Å². The summed E-state index contributed by atoms with van der Waals surface area (Å²) >= 11 is 0. The lowest BCUT2D eigenvalue weighted by atomic mass is 9.86. The summed E-state index contributed by atoms with van der Waals surface area (Å²) in [4.78, 5) is 19.7. The lowest BCUT2D eigenvalue weighted by molar-refractivity contribution is -0.00921. The van der Waals surface area contributed by atoms with E-state index in [-0.39, 0.29) is 11.6 Å². The smallest absolute Gasteiger partial charge is 0.138 e. The van der Waals surface area contributed by atoms with Crippen molar-refractivity contribution in [2.24, 2.45) is 0 Å². The number of aromatic nitrogens is 3. The van der Waals surface area contributed by atoms with E-state index in [1.165, 1.54) is 23.8 Å². The van der Waals surface area contributed by atoms with Crippen molar-refractivity contribution < 1.29 is 9.50 Å². The van der Waals surface area contributed by atoms with E-state index in [1.54, 1.807) is 6.20 Å². The molecule has 4 aromatic rings. The minimum absolute atomic E-state index is 0.139. The first kappa shape index (κ1) is 24.8. The SMILES string of the molecule is CN1CC=C(c2cc3c(-c4ccc(N5CC6CC(C5)N6Cc5cc(F)ccc5O)nc4)c(C#N)cnc3[nH]2)CC1. The van der Waals surface area contributed by atoms with Gasteiger partial charge in [-0.25, -0.2) is 14.4 Å². The van der Waals surface area contributed by atoms with Gasteiger partial charge in [0.05, 0.1) is 5.56 Å². The van der Waals surface area contributed by atoms with Crippen molar-refractivity contribution in [3.05, 3.63) is 77.5 Å². The summed E-state index contributed by atoms with van der Waals surface area (Å²) in [6, 6.07) is 13.3. The van der Waals surface area contributed by atoms with Crippen LogP contribution in [0, 0.1) is 17.1 Å². The number of nitriles is 1. The van der Waals surface area contributed by atoms with Crippen LogP contribution in [0.15, 0.2) is 54.9 Å². The van der Waals surface area contributed by atoms with Crippen molar-refractivity contribution in [1.29, 1.82) is 5.26 Å². The Kier molecular flexibility index (Phi) is 6.02. The molecule has 0 saturated carbocycles. The number of halogens is 1. The Hall–Kier alpha value is -4.26. The van der Waals surface area contributed by atoms with Crippen molar-refractivity contribution in [1.82, 2.24) is 24.8 Å². The summed E-state index contributed by atoms with van der Waals surface area (Å²) in [5.74, 6) is 0.715. The first-order valence-corrected chi connectivity index (χ1v) is 13.7. The Labute approximate surface area is 232 Å². The minimum Gasteiger partial charge on any atom is -0.508 e. The molecule has 2 atom stereocenters. The van der Waals surface area contributed by atoms with Crippen molar-refractivity contribution in [3.8, 4) is 22.9 Å². The number of rotatable bonds is 5. The minimum atomic E-state index is -0.329. The summed E-state index contributed by atoms with van der Waals surface area (Å²) < 4.78 is 13.7. The summed E-state index contributed by atoms with van der Waals surface area (Å²) in [5, 5.41) is 21.0. The maximum Gasteiger partial charge on any atom is 0.138 e. The second kappa shape index (κ2) is 9.73. The van der Waals surface area contributed by atoms with Crippen molar-refractivity contribution >= 4 is 22.4 Å². The number of H-pyrrole nitrogens is 1. The number of piperidine rings is 1. The van der Waals surface area contributed by atoms with E-state index in [0.717, 1.165) is 72.7 Å². The van der Waals surface area contributed by atoms with Gasteiger partial charge in [-0.2, -0.15) is 5.26 Å². The third-order valence-corrected chi connectivity index (χ3v) is 8.64. The molecule has 0 amide bonds. The number of nitrogens with zero attached hydrogens (tertiary/aromatic N) is 6. The van der Waals surface area contributed by atoms with Gasteiger partial charge in [0.1, 0.15) is 29.1 Å². The quantitative estimate of drug-likeness (QED) is 0.388. The van der Waals surface area contributed by atoms with E-state index in [1.807, 2.05) is 18.3 Å². The zero-order valence-corrected chi connectivity index (χ0v) is 22.3. The fourth-order valence-electron chi connectivity index (χ4n) is 6.39. The molecule has 2 N–H and O–H groups in total. The lowest BCUT2D eigenvalue weighted by Crippen LogP contribution is -2.68. The number of nitrogens with one attached hydrogen (secondary N) is 1. The molecule has 40 heavy (non-hydrogen) atoms. The van der Waals surface area contributed by atoms with Crippen LogP contribution in [0.2, 0.25) is 0 Å². The first-order valence-electron chi connectivity index (χ1n) is 13.7. The van der Waals surface area contributed by atoms with E-state index in [4.69, 9.17) is 4.98 Å². The number of aromatic hydroxyl groups is 1. The summed E-state index contributed by atoms with van der Waals surface area (Å²) in [5.41, 5.74) is 6.00. The highest BCUT2D eigenvalue weighted by molar-refractivity contribution is 5.98. The van der Waals surface area contributed by atoms with Crippen LogP contribution in [0.5, 0.6) is 5.75 Å². The Morgan fingerprint density at radius 2 is 1.98 bits per heavy atom. The van der Waals surface area contributed by atoms with Gasteiger partial charge in [-0.1, -0.05) is 6.08 Å². The number of phenols is 1. The molecular formula is C31H30FN7O. The molecule has 9 heteroatoms. The van der Waals surface area contributed by atoms with Gasteiger partial charge < -0.3 is 19.9 Å². The number of fused-ring (bicyclic) bond motifs is 3.